The minimum absolute atomic E-state index is 0.0303. The lowest BCUT2D eigenvalue weighted by atomic mass is 10.0. The van der Waals surface area contributed by atoms with E-state index in [1.807, 2.05) is 39.8 Å². The van der Waals surface area contributed by atoms with Crippen LogP contribution in [0.15, 0.2) is 12.1 Å². The molecule has 0 saturated carbocycles. The molecule has 2 N–H and O–H groups in total. The highest BCUT2D eigenvalue weighted by atomic mass is 16.8. The molecule has 0 aliphatic heterocycles. The summed E-state index contributed by atoms with van der Waals surface area (Å²) in [6, 6.07) is 3.57. The number of hydrogen-bond donors (Lipinski definition) is 2. The zero-order valence-electron chi connectivity index (χ0n) is 22.8. The van der Waals surface area contributed by atoms with Crippen LogP contribution in [0.5, 0.6) is 5.75 Å². The number of carbonyl (C=O) groups excluding carboxylic acids is 1. The van der Waals surface area contributed by atoms with E-state index < -0.39 is 12.6 Å². The summed E-state index contributed by atoms with van der Waals surface area (Å²) in [6.07, 6.45) is -0.180. The Morgan fingerprint density at radius 3 is 1.94 bits per heavy atom. The van der Waals surface area contributed by atoms with Gasteiger partial charge in [-0.1, -0.05) is 19.1 Å². The van der Waals surface area contributed by atoms with Gasteiger partial charge in [0, 0.05) is 7.11 Å². The molecule has 208 valence electrons. The number of benzene rings is 1. The highest BCUT2D eigenvalue weighted by molar-refractivity contribution is 5.79. The molecule has 36 heavy (non-hydrogen) atoms. The van der Waals surface area contributed by atoms with Gasteiger partial charge in [-0.05, 0) is 57.7 Å². The maximum atomic E-state index is 12.4. The Morgan fingerprint density at radius 2 is 1.42 bits per heavy atom. The molecule has 1 amide bonds. The van der Waals surface area contributed by atoms with Gasteiger partial charge in [-0.3, -0.25) is 4.79 Å². The predicted octanol–water partition coefficient (Wildman–Crippen LogP) is 3.19. The van der Waals surface area contributed by atoms with E-state index in [0.29, 0.717) is 33.0 Å². The zero-order valence-corrected chi connectivity index (χ0v) is 22.8. The molecule has 0 spiro atoms. The highest BCUT2D eigenvalue weighted by Gasteiger charge is 2.13. The fourth-order valence-electron chi connectivity index (χ4n) is 3.20. The van der Waals surface area contributed by atoms with E-state index in [1.165, 1.54) is 0 Å². The molecule has 10 heteroatoms. The largest absolute Gasteiger partial charge is 0.507 e. The standard InChI is InChI=1S/C26H45NO9/c1-8-24(27-25(28)15-23-13-18(2)26(29)19(3)14-23)16-31-9-10-33-21(5)35-17-36-22(6)34-12-11-32-20(4)30-7/h13-14,20-22,24,29H,8-12,15-17H2,1-7H3,(H,27,28). The third-order valence-corrected chi connectivity index (χ3v) is 5.40. The van der Waals surface area contributed by atoms with Gasteiger partial charge < -0.3 is 43.6 Å². The Morgan fingerprint density at radius 1 is 0.889 bits per heavy atom. The molecule has 4 atom stereocenters. The van der Waals surface area contributed by atoms with Crippen LogP contribution >= 0.6 is 0 Å². The lowest BCUT2D eigenvalue weighted by Gasteiger charge is -2.19. The normalized spacial score (nSPS) is 14.9. The number of aryl methyl sites for hydroxylation is 2. The van der Waals surface area contributed by atoms with Crippen LogP contribution in [-0.4, -0.2) is 82.9 Å². The first-order valence-corrected chi connectivity index (χ1v) is 12.4. The number of aromatic hydroxyl groups is 1. The van der Waals surface area contributed by atoms with Crippen molar-refractivity contribution in [2.45, 2.75) is 79.3 Å². The minimum Gasteiger partial charge on any atom is -0.507 e. The number of methoxy groups -OCH3 is 1. The summed E-state index contributed by atoms with van der Waals surface area (Å²) in [6.45, 7) is 12.9. The van der Waals surface area contributed by atoms with Gasteiger partial charge in [0.1, 0.15) is 5.75 Å². The van der Waals surface area contributed by atoms with Crippen LogP contribution in [0.25, 0.3) is 0 Å². The summed E-state index contributed by atoms with van der Waals surface area (Å²) >= 11 is 0. The second kappa shape index (κ2) is 18.5. The molecular weight excluding hydrogens is 470 g/mol. The number of amides is 1. The van der Waals surface area contributed by atoms with Crippen LogP contribution in [0.1, 0.15) is 50.8 Å². The van der Waals surface area contributed by atoms with E-state index >= 15 is 0 Å². The molecule has 1 aromatic carbocycles. The molecule has 1 rings (SSSR count). The molecule has 0 heterocycles. The Bertz CT molecular complexity index is 723. The van der Waals surface area contributed by atoms with Crippen molar-refractivity contribution < 1.29 is 43.1 Å². The molecule has 0 aromatic heterocycles. The van der Waals surface area contributed by atoms with Crippen molar-refractivity contribution >= 4 is 5.91 Å². The molecule has 1 aromatic rings. The van der Waals surface area contributed by atoms with Crippen molar-refractivity contribution in [3.8, 4) is 5.75 Å². The van der Waals surface area contributed by atoms with Gasteiger partial charge in [-0.2, -0.15) is 0 Å². The molecule has 10 nitrogen and oxygen atoms in total. The minimum atomic E-state index is -0.467. The Labute approximate surface area is 215 Å². The first-order valence-electron chi connectivity index (χ1n) is 12.4. The van der Waals surface area contributed by atoms with Crippen molar-refractivity contribution in [1.29, 1.82) is 0 Å². The topological polar surface area (TPSA) is 114 Å². The quantitative estimate of drug-likeness (QED) is 0.200. The van der Waals surface area contributed by atoms with Crippen LogP contribution in [0.2, 0.25) is 0 Å². The monoisotopic (exact) mass is 515 g/mol. The summed E-state index contributed by atoms with van der Waals surface area (Å²) in [5.41, 5.74) is 2.40. The molecule has 0 radical (unpaired) electrons. The zero-order chi connectivity index (χ0) is 26.9. The van der Waals surface area contributed by atoms with Gasteiger partial charge in [0.25, 0.3) is 0 Å². The molecule has 0 aliphatic carbocycles. The van der Waals surface area contributed by atoms with E-state index in [4.69, 9.17) is 33.2 Å². The van der Waals surface area contributed by atoms with Crippen molar-refractivity contribution in [2.24, 2.45) is 0 Å². The number of phenolic OH excluding ortho intramolecular Hbond substituents is 1. The van der Waals surface area contributed by atoms with E-state index in [-0.39, 0.29) is 37.2 Å². The second-order valence-corrected chi connectivity index (χ2v) is 8.50. The second-order valence-electron chi connectivity index (χ2n) is 8.50. The van der Waals surface area contributed by atoms with Crippen LogP contribution < -0.4 is 5.32 Å². The molecule has 0 fully saturated rings. The number of hydrogen-bond acceptors (Lipinski definition) is 9. The summed E-state index contributed by atoms with van der Waals surface area (Å²) in [5.74, 6) is 0.190. The van der Waals surface area contributed by atoms with Crippen molar-refractivity contribution in [2.75, 3.05) is 46.9 Å². The fraction of sp³-hybridized carbons (Fsp3) is 0.731. The lowest BCUT2D eigenvalue weighted by Crippen LogP contribution is -2.39. The average Bonchev–Trinajstić information content (AvgIpc) is 2.83. The van der Waals surface area contributed by atoms with Crippen molar-refractivity contribution in [3.05, 3.63) is 28.8 Å². The average molecular weight is 516 g/mol. The van der Waals surface area contributed by atoms with E-state index in [2.05, 4.69) is 5.32 Å². The van der Waals surface area contributed by atoms with Crippen LogP contribution in [0.3, 0.4) is 0 Å². The first kappa shape index (κ1) is 32.2. The first-order chi connectivity index (χ1) is 17.2. The van der Waals surface area contributed by atoms with E-state index in [1.54, 1.807) is 21.0 Å². The van der Waals surface area contributed by atoms with Gasteiger partial charge in [0.05, 0.1) is 45.5 Å². The maximum absolute atomic E-state index is 12.4. The van der Waals surface area contributed by atoms with E-state index in [9.17, 15) is 9.90 Å². The van der Waals surface area contributed by atoms with Crippen LogP contribution in [0, 0.1) is 13.8 Å². The SMILES string of the molecule is CCC(COCCOC(C)OCOC(C)OCCOC(C)OC)NC(=O)Cc1cc(C)c(O)c(C)c1. The highest BCUT2D eigenvalue weighted by Crippen LogP contribution is 2.23. The molecular formula is C26H45NO9. The third-order valence-electron chi connectivity index (χ3n) is 5.40. The Kier molecular flexibility index (Phi) is 16.5. The van der Waals surface area contributed by atoms with Gasteiger partial charge in [0.15, 0.2) is 25.7 Å². The van der Waals surface area contributed by atoms with Crippen LogP contribution in [0.4, 0.5) is 0 Å². The molecule has 0 bridgehead atoms. The lowest BCUT2D eigenvalue weighted by molar-refractivity contribution is -0.241. The Balaban J connectivity index is 2.13. The Hall–Kier alpha value is -1.79. The third kappa shape index (κ3) is 14.1. The van der Waals surface area contributed by atoms with Gasteiger partial charge in [-0.25, -0.2) is 0 Å². The number of phenols is 1. The van der Waals surface area contributed by atoms with Crippen molar-refractivity contribution in [3.63, 3.8) is 0 Å². The van der Waals surface area contributed by atoms with Crippen molar-refractivity contribution in [1.82, 2.24) is 5.32 Å². The molecule has 0 saturated heterocycles. The van der Waals surface area contributed by atoms with E-state index in [0.717, 1.165) is 23.1 Å². The molecule has 4 unspecified atom stereocenters. The predicted molar refractivity (Wildman–Crippen MR) is 135 cm³/mol. The summed E-state index contributed by atoms with van der Waals surface area (Å²) < 4.78 is 37.9. The number of nitrogens with one attached hydrogen (secondary N) is 1. The smallest absolute Gasteiger partial charge is 0.224 e. The maximum Gasteiger partial charge on any atom is 0.224 e. The summed E-state index contributed by atoms with van der Waals surface area (Å²) in [5, 5.41) is 12.9. The van der Waals surface area contributed by atoms with Gasteiger partial charge >= 0.3 is 0 Å². The summed E-state index contributed by atoms with van der Waals surface area (Å²) in [4.78, 5) is 12.4. The number of carbonyl (C=O) groups is 1. The van der Waals surface area contributed by atoms with Gasteiger partial charge in [0.2, 0.25) is 5.91 Å². The number of rotatable bonds is 20. The number of ether oxygens (including phenoxy) is 7. The fourth-order valence-corrected chi connectivity index (χ4v) is 3.20. The molecule has 0 aliphatic rings. The van der Waals surface area contributed by atoms with Gasteiger partial charge in [-0.15, -0.1) is 0 Å². The summed E-state index contributed by atoms with van der Waals surface area (Å²) in [7, 11) is 1.58. The van der Waals surface area contributed by atoms with Crippen LogP contribution in [-0.2, 0) is 44.4 Å².